The summed E-state index contributed by atoms with van der Waals surface area (Å²) in [5, 5.41) is 12.5. The minimum Gasteiger partial charge on any atom is -0.513 e. The first-order valence-electron chi connectivity index (χ1n) is 12.1. The topological polar surface area (TPSA) is 60.8 Å². The summed E-state index contributed by atoms with van der Waals surface area (Å²) in [6.45, 7) is 5.24. The van der Waals surface area contributed by atoms with Crippen molar-refractivity contribution in [3.63, 3.8) is 0 Å². The second-order valence-corrected chi connectivity index (χ2v) is 9.80. The zero-order valence-electron chi connectivity index (χ0n) is 20.1. The van der Waals surface area contributed by atoms with E-state index in [1.165, 1.54) is 5.56 Å². The van der Waals surface area contributed by atoms with Gasteiger partial charge < -0.3 is 19.3 Å². The molecule has 3 aromatic carbocycles. The summed E-state index contributed by atoms with van der Waals surface area (Å²) in [4.78, 5) is 4.68. The Labute approximate surface area is 215 Å². The standard InChI is InChI=1S/C30H29NO4S/c1-21(32)16-24-18-35-29-17-26(13-14-27(24)29)33-15-5-6-22-9-11-25(12-10-22)34-19-30-31-28(20-36-30)23-7-3-2-4-8-23/h2-4,7-14,17,20,24,32H,1,5-6,15-16,18-19H2. The number of aromatic nitrogens is 1. The maximum Gasteiger partial charge on any atom is 0.140 e. The number of aliphatic hydroxyl groups is 1. The van der Waals surface area contributed by atoms with Crippen LogP contribution in [0.5, 0.6) is 17.2 Å². The summed E-state index contributed by atoms with van der Waals surface area (Å²) < 4.78 is 17.6. The average molecular weight is 500 g/mol. The van der Waals surface area contributed by atoms with Crippen LogP contribution in [-0.2, 0) is 13.0 Å². The van der Waals surface area contributed by atoms with E-state index in [4.69, 9.17) is 14.2 Å². The molecule has 5 nitrogen and oxygen atoms in total. The molecule has 1 aliphatic heterocycles. The van der Waals surface area contributed by atoms with Crippen molar-refractivity contribution in [3.05, 3.63) is 107 Å². The molecule has 36 heavy (non-hydrogen) atoms. The van der Waals surface area contributed by atoms with Crippen molar-refractivity contribution in [2.45, 2.75) is 31.8 Å². The van der Waals surface area contributed by atoms with Crippen LogP contribution in [0.2, 0.25) is 0 Å². The average Bonchev–Trinajstić information content (AvgIpc) is 3.53. The Bertz CT molecular complexity index is 1300. The summed E-state index contributed by atoms with van der Waals surface area (Å²) in [5.74, 6) is 2.83. The van der Waals surface area contributed by atoms with Gasteiger partial charge in [0.15, 0.2) is 0 Å². The summed E-state index contributed by atoms with van der Waals surface area (Å²) in [7, 11) is 0. The van der Waals surface area contributed by atoms with Gasteiger partial charge in [-0.1, -0.05) is 55.1 Å². The van der Waals surface area contributed by atoms with Crippen LogP contribution < -0.4 is 14.2 Å². The maximum absolute atomic E-state index is 9.47. The molecule has 1 unspecified atom stereocenters. The second kappa shape index (κ2) is 11.3. The fourth-order valence-electron chi connectivity index (χ4n) is 4.28. The van der Waals surface area contributed by atoms with Crippen LogP contribution in [0.25, 0.3) is 11.3 Å². The molecule has 0 bridgehead atoms. The molecule has 0 radical (unpaired) electrons. The molecule has 1 N–H and O–H groups in total. The van der Waals surface area contributed by atoms with E-state index < -0.39 is 0 Å². The Morgan fingerprint density at radius 1 is 1.03 bits per heavy atom. The third-order valence-corrected chi connectivity index (χ3v) is 6.95. The summed E-state index contributed by atoms with van der Waals surface area (Å²) >= 11 is 1.62. The number of hydrogen-bond acceptors (Lipinski definition) is 6. The van der Waals surface area contributed by atoms with Crippen LogP contribution in [0, 0.1) is 0 Å². The van der Waals surface area contributed by atoms with E-state index in [0.29, 0.717) is 26.2 Å². The van der Waals surface area contributed by atoms with Gasteiger partial charge in [0.25, 0.3) is 0 Å². The first kappa shape index (κ1) is 23.9. The van der Waals surface area contributed by atoms with Gasteiger partial charge in [0.05, 0.1) is 24.7 Å². The van der Waals surface area contributed by atoms with Gasteiger partial charge in [-0.15, -0.1) is 11.3 Å². The highest BCUT2D eigenvalue weighted by molar-refractivity contribution is 7.09. The quantitative estimate of drug-likeness (QED) is 0.173. The lowest BCUT2D eigenvalue weighted by atomic mass is 9.97. The van der Waals surface area contributed by atoms with Gasteiger partial charge in [0, 0.05) is 34.9 Å². The Morgan fingerprint density at radius 3 is 2.64 bits per heavy atom. The van der Waals surface area contributed by atoms with E-state index in [0.717, 1.165) is 51.9 Å². The molecule has 2 heterocycles. The monoisotopic (exact) mass is 499 g/mol. The molecule has 1 atom stereocenters. The largest absolute Gasteiger partial charge is 0.513 e. The number of ether oxygens (including phenoxy) is 3. The van der Waals surface area contributed by atoms with Crippen LogP contribution in [0.1, 0.15) is 34.9 Å². The number of nitrogens with zero attached hydrogens (tertiary/aromatic N) is 1. The van der Waals surface area contributed by atoms with Crippen molar-refractivity contribution in [2.24, 2.45) is 0 Å². The first-order chi connectivity index (χ1) is 17.6. The molecule has 6 heteroatoms. The number of allylic oxidation sites excluding steroid dienone is 1. The number of aliphatic hydroxyl groups excluding tert-OH is 1. The number of hydrogen-bond donors (Lipinski definition) is 1. The lowest BCUT2D eigenvalue weighted by molar-refractivity contribution is 0.299. The fourth-order valence-corrected chi connectivity index (χ4v) is 5.00. The van der Waals surface area contributed by atoms with Crippen LogP contribution in [-0.4, -0.2) is 23.3 Å². The van der Waals surface area contributed by atoms with Gasteiger partial charge in [-0.3, -0.25) is 0 Å². The molecule has 5 rings (SSSR count). The molecular weight excluding hydrogens is 470 g/mol. The van der Waals surface area contributed by atoms with Crippen molar-refractivity contribution in [1.82, 2.24) is 4.98 Å². The SMILES string of the molecule is C=C(O)CC1COc2cc(OCCCc3ccc(OCc4nc(-c5ccccc5)cs4)cc3)ccc21. The van der Waals surface area contributed by atoms with E-state index in [1.54, 1.807) is 11.3 Å². The molecule has 0 spiro atoms. The van der Waals surface area contributed by atoms with Crippen LogP contribution in [0.15, 0.2) is 90.5 Å². The number of aryl methyl sites for hydroxylation is 1. The number of rotatable bonds is 11. The van der Waals surface area contributed by atoms with E-state index in [2.05, 4.69) is 41.2 Å². The van der Waals surface area contributed by atoms with Gasteiger partial charge in [-0.25, -0.2) is 4.98 Å². The van der Waals surface area contributed by atoms with Gasteiger partial charge in [0.2, 0.25) is 0 Å². The normalized spacial score (nSPS) is 14.2. The van der Waals surface area contributed by atoms with Gasteiger partial charge in [-0.05, 0) is 36.6 Å². The van der Waals surface area contributed by atoms with Crippen molar-refractivity contribution in [1.29, 1.82) is 0 Å². The summed E-state index contributed by atoms with van der Waals surface area (Å²) in [6, 6.07) is 24.3. The van der Waals surface area contributed by atoms with Crippen molar-refractivity contribution >= 4 is 11.3 Å². The van der Waals surface area contributed by atoms with Crippen molar-refractivity contribution in [2.75, 3.05) is 13.2 Å². The van der Waals surface area contributed by atoms with E-state index in [9.17, 15) is 5.11 Å². The zero-order chi connectivity index (χ0) is 24.7. The number of benzene rings is 3. The molecule has 4 aromatic rings. The summed E-state index contributed by atoms with van der Waals surface area (Å²) in [6.07, 6.45) is 2.36. The maximum atomic E-state index is 9.47. The van der Waals surface area contributed by atoms with Crippen molar-refractivity contribution < 1.29 is 19.3 Å². The Hall–Kier alpha value is -3.77. The first-order valence-corrected chi connectivity index (χ1v) is 13.0. The third-order valence-electron chi connectivity index (χ3n) is 6.13. The molecule has 0 fully saturated rings. The van der Waals surface area contributed by atoms with E-state index in [1.807, 2.05) is 48.5 Å². The predicted octanol–water partition coefficient (Wildman–Crippen LogP) is 7.34. The molecule has 0 amide bonds. The highest BCUT2D eigenvalue weighted by atomic mass is 32.1. The minimum atomic E-state index is 0.159. The summed E-state index contributed by atoms with van der Waals surface area (Å²) in [5.41, 5.74) is 4.46. The van der Waals surface area contributed by atoms with Gasteiger partial charge in [0.1, 0.15) is 28.9 Å². The van der Waals surface area contributed by atoms with Crippen molar-refractivity contribution in [3.8, 4) is 28.5 Å². The molecule has 0 saturated heterocycles. The highest BCUT2D eigenvalue weighted by Crippen LogP contribution is 2.39. The van der Waals surface area contributed by atoms with Crippen LogP contribution in [0.3, 0.4) is 0 Å². The van der Waals surface area contributed by atoms with E-state index >= 15 is 0 Å². The fraction of sp³-hybridized carbons (Fsp3) is 0.233. The van der Waals surface area contributed by atoms with E-state index in [-0.39, 0.29) is 11.7 Å². The molecule has 0 saturated carbocycles. The molecule has 0 aliphatic carbocycles. The second-order valence-electron chi connectivity index (χ2n) is 8.86. The van der Waals surface area contributed by atoms with Crippen LogP contribution >= 0.6 is 11.3 Å². The lowest BCUT2D eigenvalue weighted by Gasteiger charge is -2.10. The molecular formula is C30H29NO4S. The Balaban J connectivity index is 1.05. The third kappa shape index (κ3) is 6.07. The van der Waals surface area contributed by atoms with Gasteiger partial charge >= 0.3 is 0 Å². The molecule has 1 aromatic heterocycles. The molecule has 1 aliphatic rings. The molecule has 184 valence electrons. The Morgan fingerprint density at radius 2 is 1.83 bits per heavy atom. The predicted molar refractivity (Wildman–Crippen MR) is 143 cm³/mol. The number of fused-ring (bicyclic) bond motifs is 1. The zero-order valence-corrected chi connectivity index (χ0v) is 20.9. The van der Waals surface area contributed by atoms with Gasteiger partial charge in [-0.2, -0.15) is 0 Å². The minimum absolute atomic E-state index is 0.159. The lowest BCUT2D eigenvalue weighted by Crippen LogP contribution is -2.01. The highest BCUT2D eigenvalue weighted by Gasteiger charge is 2.25. The Kier molecular flexibility index (Phi) is 7.52. The smallest absolute Gasteiger partial charge is 0.140 e. The van der Waals surface area contributed by atoms with Crippen LogP contribution in [0.4, 0.5) is 0 Å². The number of thiazole rings is 1.